The highest BCUT2D eigenvalue weighted by molar-refractivity contribution is 5.75. The van der Waals surface area contributed by atoms with E-state index >= 15 is 0 Å². The van der Waals surface area contributed by atoms with Gasteiger partial charge in [0.05, 0.1) is 24.7 Å². The van der Waals surface area contributed by atoms with Gasteiger partial charge in [0.1, 0.15) is 30.9 Å². The fourth-order valence-electron chi connectivity index (χ4n) is 3.29. The van der Waals surface area contributed by atoms with Crippen LogP contribution in [0, 0.1) is 0 Å². The number of hydrogen-bond acceptors (Lipinski definition) is 5. The van der Waals surface area contributed by atoms with E-state index in [4.69, 9.17) is 19.2 Å². The van der Waals surface area contributed by atoms with Gasteiger partial charge in [-0.15, -0.1) is 0 Å². The minimum Gasteiger partial charge on any atom is -0.493 e. The van der Waals surface area contributed by atoms with Crippen molar-refractivity contribution >= 4 is 11.0 Å². The number of rotatable bonds is 9. The lowest BCUT2D eigenvalue weighted by molar-refractivity contribution is 0.0903. The molecule has 0 radical (unpaired) electrons. The van der Waals surface area contributed by atoms with E-state index in [1.807, 2.05) is 83.4 Å². The van der Waals surface area contributed by atoms with Crippen molar-refractivity contribution in [1.29, 1.82) is 0 Å². The lowest BCUT2D eigenvalue weighted by atomic mass is 10.3. The van der Waals surface area contributed by atoms with E-state index in [1.54, 1.807) is 7.11 Å². The van der Waals surface area contributed by atoms with Gasteiger partial charge in [0.15, 0.2) is 11.5 Å². The predicted octanol–water partition coefficient (Wildman–Crippen LogP) is 4.06. The van der Waals surface area contributed by atoms with Gasteiger partial charge in [0.25, 0.3) is 0 Å². The maximum atomic E-state index is 10.7. The molecule has 0 bridgehead atoms. The van der Waals surface area contributed by atoms with Gasteiger partial charge >= 0.3 is 0 Å². The lowest BCUT2D eigenvalue weighted by Crippen LogP contribution is -2.25. The first-order chi connectivity index (χ1) is 14.7. The van der Waals surface area contributed by atoms with Gasteiger partial charge in [-0.1, -0.05) is 42.5 Å². The van der Waals surface area contributed by atoms with Crippen LogP contribution in [0.4, 0.5) is 0 Å². The molecule has 1 N–H and O–H groups in total. The number of hydrogen-bond donors (Lipinski definition) is 1. The fraction of sp³-hybridized carbons (Fsp3) is 0.208. The fourth-order valence-corrected chi connectivity index (χ4v) is 3.29. The summed E-state index contributed by atoms with van der Waals surface area (Å²) in [5, 5.41) is 10.7. The number of nitrogens with zero attached hydrogens (tertiary/aromatic N) is 2. The molecule has 0 aliphatic carbocycles. The van der Waals surface area contributed by atoms with Crippen molar-refractivity contribution in [1.82, 2.24) is 9.55 Å². The molecule has 1 atom stereocenters. The van der Waals surface area contributed by atoms with E-state index < -0.39 is 6.10 Å². The Morgan fingerprint density at radius 3 is 2.37 bits per heavy atom. The molecule has 4 rings (SSSR count). The van der Waals surface area contributed by atoms with E-state index in [0.29, 0.717) is 24.7 Å². The number of benzene rings is 3. The molecule has 6 nitrogen and oxygen atoms in total. The first-order valence-corrected chi connectivity index (χ1v) is 9.80. The molecule has 4 aromatic rings. The maximum Gasteiger partial charge on any atom is 0.161 e. The summed E-state index contributed by atoms with van der Waals surface area (Å²) in [5.41, 5.74) is 1.81. The Morgan fingerprint density at radius 1 is 0.867 bits per heavy atom. The summed E-state index contributed by atoms with van der Waals surface area (Å²) in [6.45, 7) is 0.772. The van der Waals surface area contributed by atoms with Crippen LogP contribution in [-0.4, -0.2) is 34.5 Å². The molecule has 154 valence electrons. The molecule has 6 heteroatoms. The van der Waals surface area contributed by atoms with Crippen LogP contribution >= 0.6 is 0 Å². The van der Waals surface area contributed by atoms with E-state index in [-0.39, 0.29) is 6.61 Å². The van der Waals surface area contributed by atoms with Crippen molar-refractivity contribution in [2.45, 2.75) is 19.3 Å². The molecule has 0 saturated heterocycles. The van der Waals surface area contributed by atoms with Crippen LogP contribution < -0.4 is 14.2 Å². The van der Waals surface area contributed by atoms with Gasteiger partial charge < -0.3 is 23.9 Å². The molecule has 1 unspecified atom stereocenters. The first kappa shape index (κ1) is 19.8. The zero-order valence-corrected chi connectivity index (χ0v) is 16.8. The van der Waals surface area contributed by atoms with Crippen LogP contribution in [0.3, 0.4) is 0 Å². The molecule has 0 fully saturated rings. The Kier molecular flexibility index (Phi) is 6.15. The van der Waals surface area contributed by atoms with E-state index in [0.717, 1.165) is 22.6 Å². The number of aliphatic hydroxyl groups is 1. The second-order valence-electron chi connectivity index (χ2n) is 6.84. The van der Waals surface area contributed by atoms with Gasteiger partial charge in [-0.2, -0.15) is 0 Å². The molecule has 0 aliphatic rings. The van der Waals surface area contributed by atoms with Crippen LogP contribution in [-0.2, 0) is 13.2 Å². The minimum absolute atomic E-state index is 0.131. The Morgan fingerprint density at radius 2 is 1.57 bits per heavy atom. The molecule has 0 spiro atoms. The molecule has 30 heavy (non-hydrogen) atoms. The van der Waals surface area contributed by atoms with Crippen LogP contribution in [0.25, 0.3) is 11.0 Å². The molecule has 0 saturated carbocycles. The number of para-hydroxylation sites is 5. The monoisotopic (exact) mass is 404 g/mol. The number of aromatic nitrogens is 2. The normalized spacial score (nSPS) is 11.9. The highest BCUT2D eigenvalue weighted by atomic mass is 16.5. The van der Waals surface area contributed by atoms with Crippen molar-refractivity contribution in [2.75, 3.05) is 13.7 Å². The predicted molar refractivity (Wildman–Crippen MR) is 115 cm³/mol. The Bertz CT molecular complexity index is 1090. The average molecular weight is 404 g/mol. The Labute approximate surface area is 175 Å². The van der Waals surface area contributed by atoms with Gasteiger partial charge in [0, 0.05) is 0 Å². The molecular formula is C24H24N2O4. The number of imidazole rings is 1. The molecular weight excluding hydrogens is 380 g/mol. The third-order valence-electron chi connectivity index (χ3n) is 4.74. The van der Waals surface area contributed by atoms with Crippen LogP contribution in [0.1, 0.15) is 5.82 Å². The standard InChI is InChI=1S/C24H24N2O4/c1-28-22-13-7-8-14-23(22)30-16-18(27)15-26-21-12-6-5-11-20(21)25-24(26)17-29-19-9-3-2-4-10-19/h2-14,18,27H,15-17H2,1H3. The van der Waals surface area contributed by atoms with Crippen LogP contribution in [0.5, 0.6) is 17.2 Å². The summed E-state index contributed by atoms with van der Waals surface area (Å²) in [7, 11) is 1.59. The quantitative estimate of drug-likeness (QED) is 0.456. The maximum absolute atomic E-state index is 10.7. The van der Waals surface area contributed by atoms with Crippen LogP contribution in [0.2, 0.25) is 0 Å². The SMILES string of the molecule is COc1ccccc1OCC(O)Cn1c(COc2ccccc2)nc2ccccc21. The van der Waals surface area contributed by atoms with Gasteiger partial charge in [-0.05, 0) is 36.4 Å². The molecule has 0 aliphatic heterocycles. The lowest BCUT2D eigenvalue weighted by Gasteiger charge is -2.17. The molecule has 0 amide bonds. The first-order valence-electron chi connectivity index (χ1n) is 9.80. The summed E-state index contributed by atoms with van der Waals surface area (Å²) >= 11 is 0. The second-order valence-corrected chi connectivity index (χ2v) is 6.84. The smallest absolute Gasteiger partial charge is 0.161 e. The van der Waals surface area contributed by atoms with Crippen LogP contribution in [0.15, 0.2) is 78.9 Å². The number of aliphatic hydroxyl groups excluding tert-OH is 1. The second kappa shape index (κ2) is 9.33. The van der Waals surface area contributed by atoms with E-state index in [2.05, 4.69) is 0 Å². The third-order valence-corrected chi connectivity index (χ3v) is 4.74. The Balaban J connectivity index is 1.49. The van der Waals surface area contributed by atoms with E-state index in [1.165, 1.54) is 0 Å². The average Bonchev–Trinajstić information content (AvgIpc) is 3.14. The summed E-state index contributed by atoms with van der Waals surface area (Å²) in [6, 6.07) is 24.8. The zero-order chi connectivity index (χ0) is 20.8. The summed E-state index contributed by atoms with van der Waals surface area (Å²) in [5.74, 6) is 2.75. The third kappa shape index (κ3) is 4.55. The summed E-state index contributed by atoms with van der Waals surface area (Å²) in [6.07, 6.45) is -0.733. The molecule has 1 aromatic heterocycles. The van der Waals surface area contributed by atoms with Crippen molar-refractivity contribution in [3.05, 3.63) is 84.7 Å². The highest BCUT2D eigenvalue weighted by Crippen LogP contribution is 2.26. The van der Waals surface area contributed by atoms with Gasteiger partial charge in [-0.25, -0.2) is 4.98 Å². The number of ether oxygens (including phenoxy) is 3. The molecule has 1 heterocycles. The Hall–Kier alpha value is -3.51. The zero-order valence-electron chi connectivity index (χ0n) is 16.8. The van der Waals surface area contributed by atoms with Crippen molar-refractivity contribution in [3.8, 4) is 17.2 Å². The number of methoxy groups -OCH3 is 1. The summed E-state index contributed by atoms with van der Waals surface area (Å²) in [4.78, 5) is 4.69. The van der Waals surface area contributed by atoms with Crippen molar-refractivity contribution in [3.63, 3.8) is 0 Å². The van der Waals surface area contributed by atoms with Crippen molar-refractivity contribution in [2.24, 2.45) is 0 Å². The van der Waals surface area contributed by atoms with E-state index in [9.17, 15) is 5.11 Å². The topological polar surface area (TPSA) is 65.7 Å². The van der Waals surface area contributed by atoms with Gasteiger partial charge in [0.2, 0.25) is 0 Å². The highest BCUT2D eigenvalue weighted by Gasteiger charge is 2.16. The largest absolute Gasteiger partial charge is 0.493 e. The summed E-state index contributed by atoms with van der Waals surface area (Å²) < 4.78 is 18.9. The number of fused-ring (bicyclic) bond motifs is 1. The molecule has 3 aromatic carbocycles. The van der Waals surface area contributed by atoms with Gasteiger partial charge in [-0.3, -0.25) is 0 Å². The van der Waals surface area contributed by atoms with Crippen molar-refractivity contribution < 1.29 is 19.3 Å². The minimum atomic E-state index is -0.733.